The largest absolute Gasteiger partial charge is 0.478 e. The Morgan fingerprint density at radius 3 is 2.23 bits per heavy atom. The van der Waals surface area contributed by atoms with E-state index in [4.69, 9.17) is 4.74 Å². The van der Waals surface area contributed by atoms with Gasteiger partial charge in [-0.2, -0.15) is 0 Å². The number of fused-ring (bicyclic) bond motifs is 7. The third-order valence-electron chi connectivity index (χ3n) is 15.7. The molecule has 7 rings (SSSR count). The standard InChI is InChI=1S/C39H55NO4/c1-34(2)27(25-9-11-26(12-10-25)32(41)42)15-18-35(3)30(34)16-19-37(5)31(35)14-13-28-29-8-7-17-38(29,21-20-36(28,37)4)24-40-39(22-23-39)33(43)44-6/h9-12,15,28-31,40H,7-8,13-14,16-24H2,1-6H3,(H,41,42)/t28?,29?,30?,31?,35?,36-,37?,38?/m1/s1. The van der Waals surface area contributed by atoms with E-state index in [1.54, 1.807) is 12.1 Å². The number of rotatable bonds is 6. The van der Waals surface area contributed by atoms with Gasteiger partial charge in [0.15, 0.2) is 0 Å². The van der Waals surface area contributed by atoms with Gasteiger partial charge in [0.1, 0.15) is 5.54 Å². The number of carbonyl (C=O) groups is 2. The second-order valence-corrected chi connectivity index (χ2v) is 17.4. The summed E-state index contributed by atoms with van der Waals surface area (Å²) in [7, 11) is 1.53. The van der Waals surface area contributed by atoms with Crippen molar-refractivity contribution in [2.24, 2.45) is 50.7 Å². The summed E-state index contributed by atoms with van der Waals surface area (Å²) in [6, 6.07) is 7.59. The summed E-state index contributed by atoms with van der Waals surface area (Å²) in [5, 5.41) is 13.2. The summed E-state index contributed by atoms with van der Waals surface area (Å²) in [5.74, 6) is 1.92. The second-order valence-electron chi connectivity index (χ2n) is 17.4. The van der Waals surface area contributed by atoms with Crippen LogP contribution in [0.3, 0.4) is 0 Å². The van der Waals surface area contributed by atoms with Crippen LogP contribution in [0.15, 0.2) is 30.3 Å². The molecule has 0 spiro atoms. The highest BCUT2D eigenvalue weighted by Crippen LogP contribution is 2.77. The number of allylic oxidation sites excluding steroid dienone is 2. The Kier molecular flexibility index (Phi) is 6.88. The molecule has 7 unspecified atom stereocenters. The lowest BCUT2D eigenvalue weighted by Crippen LogP contribution is -2.65. The molecule has 0 heterocycles. The summed E-state index contributed by atoms with van der Waals surface area (Å²) < 4.78 is 5.19. The molecular weight excluding hydrogens is 546 g/mol. The van der Waals surface area contributed by atoms with Gasteiger partial charge >= 0.3 is 11.9 Å². The maximum atomic E-state index is 12.6. The SMILES string of the molecule is COC(=O)C1(NCC23CCCC2C2CCC4C5(C)CC=C(c6ccc(C(=O)O)cc6)C(C)(C)C5CCC4(C)[C@]2(C)CC3)CC1. The topological polar surface area (TPSA) is 75.6 Å². The summed E-state index contributed by atoms with van der Waals surface area (Å²) >= 11 is 0. The number of esters is 1. The molecule has 6 aliphatic carbocycles. The van der Waals surface area contributed by atoms with Crippen molar-refractivity contribution in [1.29, 1.82) is 0 Å². The molecule has 0 saturated heterocycles. The number of ether oxygens (including phenoxy) is 1. The molecule has 0 aliphatic heterocycles. The zero-order valence-corrected chi connectivity index (χ0v) is 28.1. The van der Waals surface area contributed by atoms with Crippen LogP contribution in [0, 0.1) is 50.7 Å². The Morgan fingerprint density at radius 1 is 0.841 bits per heavy atom. The smallest absolute Gasteiger partial charge is 0.335 e. The normalized spacial score (nSPS) is 43.0. The molecule has 0 aromatic heterocycles. The minimum absolute atomic E-state index is 0.0358. The van der Waals surface area contributed by atoms with Crippen LogP contribution in [0.5, 0.6) is 0 Å². The highest BCUT2D eigenvalue weighted by molar-refractivity contribution is 5.88. The molecule has 0 bridgehead atoms. The molecule has 44 heavy (non-hydrogen) atoms. The monoisotopic (exact) mass is 601 g/mol. The molecule has 6 aliphatic rings. The van der Waals surface area contributed by atoms with Gasteiger partial charge in [-0.25, -0.2) is 4.79 Å². The van der Waals surface area contributed by atoms with Gasteiger partial charge in [-0.1, -0.05) is 59.2 Å². The van der Waals surface area contributed by atoms with Gasteiger partial charge in [0.25, 0.3) is 0 Å². The molecule has 5 fully saturated rings. The molecule has 8 atom stereocenters. The van der Waals surface area contributed by atoms with Crippen molar-refractivity contribution in [2.45, 2.75) is 117 Å². The summed E-state index contributed by atoms with van der Waals surface area (Å²) in [6.07, 6.45) is 17.4. The Balaban J connectivity index is 1.16. The number of hydrogen-bond acceptors (Lipinski definition) is 4. The minimum atomic E-state index is -0.862. The number of nitrogens with one attached hydrogen (secondary N) is 1. The third kappa shape index (κ3) is 4.05. The molecule has 1 aromatic carbocycles. The van der Waals surface area contributed by atoms with E-state index in [2.05, 4.69) is 46.0 Å². The van der Waals surface area contributed by atoms with Gasteiger partial charge in [0.2, 0.25) is 0 Å². The lowest BCUT2D eigenvalue weighted by Gasteiger charge is -2.72. The Bertz CT molecular complexity index is 1370. The van der Waals surface area contributed by atoms with Crippen molar-refractivity contribution >= 4 is 17.5 Å². The number of hydrogen-bond donors (Lipinski definition) is 2. The zero-order chi connectivity index (χ0) is 31.3. The van der Waals surface area contributed by atoms with Crippen LogP contribution in [0.1, 0.15) is 128 Å². The van der Waals surface area contributed by atoms with Gasteiger partial charge in [0, 0.05) is 6.54 Å². The van der Waals surface area contributed by atoms with E-state index in [0.717, 1.165) is 37.6 Å². The van der Waals surface area contributed by atoms with E-state index >= 15 is 0 Å². The molecule has 5 saturated carbocycles. The molecule has 0 radical (unpaired) electrons. The molecule has 0 amide bonds. The van der Waals surface area contributed by atoms with E-state index in [9.17, 15) is 14.7 Å². The van der Waals surface area contributed by atoms with E-state index in [1.807, 2.05) is 12.1 Å². The van der Waals surface area contributed by atoms with Crippen molar-refractivity contribution in [3.05, 3.63) is 41.5 Å². The van der Waals surface area contributed by atoms with Gasteiger partial charge in [0.05, 0.1) is 12.7 Å². The highest BCUT2D eigenvalue weighted by atomic mass is 16.5. The van der Waals surface area contributed by atoms with Gasteiger partial charge in [-0.3, -0.25) is 4.79 Å². The van der Waals surface area contributed by atoms with Crippen molar-refractivity contribution < 1.29 is 19.4 Å². The first-order chi connectivity index (χ1) is 20.8. The van der Waals surface area contributed by atoms with Crippen LogP contribution >= 0.6 is 0 Å². The Labute approximate surface area is 265 Å². The first kappa shape index (κ1) is 30.5. The van der Waals surface area contributed by atoms with Crippen LogP contribution in [-0.4, -0.2) is 36.2 Å². The number of carboxylic acid groups (broad SMARTS) is 1. The van der Waals surface area contributed by atoms with Crippen molar-refractivity contribution in [3.63, 3.8) is 0 Å². The number of methoxy groups -OCH3 is 1. The number of carbonyl (C=O) groups excluding carboxylic acids is 1. The fraction of sp³-hybridized carbons (Fsp3) is 0.744. The van der Waals surface area contributed by atoms with E-state index in [0.29, 0.717) is 33.6 Å². The predicted molar refractivity (Wildman–Crippen MR) is 174 cm³/mol. The van der Waals surface area contributed by atoms with Crippen molar-refractivity contribution in [1.82, 2.24) is 5.32 Å². The summed E-state index contributed by atoms with van der Waals surface area (Å²) in [5.41, 5.74) is 3.85. The fourth-order valence-corrected chi connectivity index (χ4v) is 13.0. The van der Waals surface area contributed by atoms with Gasteiger partial charge in [-0.15, -0.1) is 0 Å². The highest BCUT2D eigenvalue weighted by Gasteiger charge is 2.69. The van der Waals surface area contributed by atoms with Gasteiger partial charge in [-0.05, 0) is 145 Å². The fourth-order valence-electron chi connectivity index (χ4n) is 13.0. The first-order valence-corrected chi connectivity index (χ1v) is 17.6. The van der Waals surface area contributed by atoms with Crippen LogP contribution in [0.25, 0.3) is 5.57 Å². The maximum absolute atomic E-state index is 12.6. The molecule has 1 aromatic rings. The summed E-state index contributed by atoms with van der Waals surface area (Å²) in [6.45, 7) is 14.0. The maximum Gasteiger partial charge on any atom is 0.335 e. The summed E-state index contributed by atoms with van der Waals surface area (Å²) in [4.78, 5) is 24.0. The first-order valence-electron chi connectivity index (χ1n) is 17.6. The van der Waals surface area contributed by atoms with Crippen LogP contribution in [-0.2, 0) is 9.53 Å². The van der Waals surface area contributed by atoms with E-state index in [1.165, 1.54) is 76.0 Å². The Hall–Kier alpha value is -2.14. The number of benzene rings is 1. The average Bonchev–Trinajstić information content (AvgIpc) is 3.67. The van der Waals surface area contributed by atoms with Gasteiger partial charge < -0.3 is 15.2 Å². The van der Waals surface area contributed by atoms with Crippen LogP contribution < -0.4 is 5.32 Å². The lowest BCUT2D eigenvalue weighted by atomic mass is 9.32. The van der Waals surface area contributed by atoms with Crippen LogP contribution in [0.2, 0.25) is 0 Å². The van der Waals surface area contributed by atoms with E-state index < -0.39 is 11.5 Å². The van der Waals surface area contributed by atoms with Crippen LogP contribution in [0.4, 0.5) is 0 Å². The molecule has 5 heteroatoms. The zero-order valence-electron chi connectivity index (χ0n) is 28.1. The quantitative estimate of drug-likeness (QED) is 0.320. The van der Waals surface area contributed by atoms with E-state index in [-0.39, 0.29) is 16.8 Å². The van der Waals surface area contributed by atoms with Crippen molar-refractivity contribution in [3.8, 4) is 0 Å². The third-order valence-corrected chi connectivity index (χ3v) is 15.7. The molecule has 240 valence electrons. The average molecular weight is 602 g/mol. The molecular formula is C39H55NO4. The van der Waals surface area contributed by atoms with Crippen molar-refractivity contribution in [2.75, 3.05) is 13.7 Å². The molecule has 2 N–H and O–H groups in total. The second kappa shape index (κ2) is 9.93. The Morgan fingerprint density at radius 2 is 1.57 bits per heavy atom. The number of aromatic carboxylic acids is 1. The predicted octanol–water partition coefficient (Wildman–Crippen LogP) is 8.53. The number of carboxylic acids is 1. The lowest BCUT2D eigenvalue weighted by molar-refractivity contribution is -0.222. The minimum Gasteiger partial charge on any atom is -0.478 e. The molecule has 5 nitrogen and oxygen atoms in total.